The summed E-state index contributed by atoms with van der Waals surface area (Å²) in [5.41, 5.74) is 0.624. The van der Waals surface area contributed by atoms with Gasteiger partial charge in [0.15, 0.2) is 17.5 Å². The van der Waals surface area contributed by atoms with E-state index in [9.17, 15) is 13.9 Å². The summed E-state index contributed by atoms with van der Waals surface area (Å²) < 4.78 is 28.9. The zero-order chi connectivity index (χ0) is 19.1. The Kier molecular flexibility index (Phi) is 4.86. The van der Waals surface area contributed by atoms with Crippen molar-refractivity contribution in [1.82, 2.24) is 19.5 Å². The van der Waals surface area contributed by atoms with Gasteiger partial charge in [0.2, 0.25) is 10.8 Å². The van der Waals surface area contributed by atoms with Gasteiger partial charge in [-0.1, -0.05) is 31.3 Å². The van der Waals surface area contributed by atoms with Crippen LogP contribution in [0.2, 0.25) is 0 Å². The van der Waals surface area contributed by atoms with E-state index in [4.69, 9.17) is 0 Å². The van der Waals surface area contributed by atoms with Crippen LogP contribution in [0.25, 0.3) is 4.96 Å². The Hall–Kier alpha value is -2.06. The van der Waals surface area contributed by atoms with Gasteiger partial charge < -0.3 is 5.11 Å². The van der Waals surface area contributed by atoms with Crippen LogP contribution in [0, 0.1) is 17.6 Å². The van der Waals surface area contributed by atoms with Gasteiger partial charge in [-0.25, -0.2) is 13.8 Å². The van der Waals surface area contributed by atoms with Gasteiger partial charge in [-0.2, -0.15) is 4.52 Å². The Labute approximate surface area is 160 Å². The van der Waals surface area contributed by atoms with Gasteiger partial charge in [-0.3, -0.25) is 4.90 Å². The van der Waals surface area contributed by atoms with E-state index in [1.165, 1.54) is 21.9 Å². The van der Waals surface area contributed by atoms with Crippen molar-refractivity contribution in [1.29, 1.82) is 0 Å². The molecule has 2 aromatic heterocycles. The molecule has 144 valence electrons. The minimum atomic E-state index is -0.880. The van der Waals surface area contributed by atoms with Crippen LogP contribution in [-0.4, -0.2) is 37.7 Å². The lowest BCUT2D eigenvalue weighted by atomic mass is 9.95. The highest BCUT2D eigenvalue weighted by atomic mass is 32.1. The summed E-state index contributed by atoms with van der Waals surface area (Å²) in [6.07, 6.45) is 2.85. The van der Waals surface area contributed by atoms with Crippen LogP contribution in [-0.2, 0) is 6.42 Å². The molecule has 8 heteroatoms. The number of nitrogens with zero attached hydrogens (tertiary/aromatic N) is 4. The number of piperidine rings is 1. The van der Waals surface area contributed by atoms with Crippen LogP contribution in [0.15, 0.2) is 18.2 Å². The number of benzene rings is 1. The topological polar surface area (TPSA) is 53.7 Å². The van der Waals surface area contributed by atoms with E-state index in [0.717, 1.165) is 32.0 Å². The van der Waals surface area contributed by atoms with E-state index in [-0.39, 0.29) is 11.9 Å². The number of halogens is 2. The molecule has 0 bridgehead atoms. The fraction of sp³-hybridized carbons (Fsp3) is 0.474. The molecule has 1 N–H and O–H groups in total. The third-order valence-corrected chi connectivity index (χ3v) is 6.19. The standard InChI is InChI=1S/C19H22F2N4OS/c1-3-15-22-19-25(23-15)18(26)17(27-19)16(24-8-4-5-11(2)10-24)12-6-7-13(20)14(21)9-12/h6-7,9,11,16,26H,3-5,8,10H2,1-2H3/t11-,16-/m0/s1. The second-order valence-electron chi connectivity index (χ2n) is 7.18. The molecule has 5 nitrogen and oxygen atoms in total. The Morgan fingerprint density at radius 1 is 1.33 bits per heavy atom. The summed E-state index contributed by atoms with van der Waals surface area (Å²) in [5.74, 6) is -0.560. The summed E-state index contributed by atoms with van der Waals surface area (Å²) in [4.78, 5) is 7.94. The van der Waals surface area contributed by atoms with Crippen LogP contribution in [0.4, 0.5) is 8.78 Å². The van der Waals surface area contributed by atoms with E-state index >= 15 is 0 Å². The van der Waals surface area contributed by atoms with Gasteiger partial charge in [0.1, 0.15) is 0 Å². The average Bonchev–Trinajstić information content (AvgIpc) is 3.18. The van der Waals surface area contributed by atoms with Crippen molar-refractivity contribution in [2.24, 2.45) is 5.92 Å². The highest BCUT2D eigenvalue weighted by Gasteiger charge is 2.32. The number of hydrogen-bond acceptors (Lipinski definition) is 5. The number of rotatable bonds is 4. The number of thiazole rings is 1. The van der Waals surface area contributed by atoms with Crippen molar-refractivity contribution in [2.45, 2.75) is 39.2 Å². The summed E-state index contributed by atoms with van der Waals surface area (Å²) >= 11 is 1.35. The normalized spacial score (nSPS) is 19.6. The Balaban J connectivity index is 1.83. The molecule has 27 heavy (non-hydrogen) atoms. The first-order chi connectivity index (χ1) is 13.0. The molecule has 3 heterocycles. The summed E-state index contributed by atoms with van der Waals surface area (Å²) in [5, 5.41) is 15.2. The molecule has 0 spiro atoms. The molecule has 1 fully saturated rings. The van der Waals surface area contributed by atoms with Crippen LogP contribution in [0.5, 0.6) is 5.88 Å². The number of fused-ring (bicyclic) bond motifs is 1. The largest absolute Gasteiger partial charge is 0.492 e. The summed E-state index contributed by atoms with van der Waals surface area (Å²) in [7, 11) is 0. The van der Waals surface area contributed by atoms with Crippen molar-refractivity contribution in [3.05, 3.63) is 46.1 Å². The molecule has 0 unspecified atom stereocenters. The van der Waals surface area contributed by atoms with Crippen LogP contribution >= 0.6 is 11.3 Å². The maximum atomic E-state index is 14.0. The van der Waals surface area contributed by atoms with Gasteiger partial charge in [0.05, 0.1) is 10.9 Å². The molecule has 0 amide bonds. The molecular formula is C19H22F2N4OS. The van der Waals surface area contributed by atoms with Crippen molar-refractivity contribution in [3.8, 4) is 5.88 Å². The number of aromatic hydroxyl groups is 1. The maximum Gasteiger partial charge on any atom is 0.230 e. The van der Waals surface area contributed by atoms with Crippen molar-refractivity contribution in [2.75, 3.05) is 13.1 Å². The molecule has 2 atom stereocenters. The second-order valence-corrected chi connectivity index (χ2v) is 8.19. The number of aromatic nitrogens is 3. The minimum Gasteiger partial charge on any atom is -0.492 e. The van der Waals surface area contributed by atoms with E-state index in [1.54, 1.807) is 6.07 Å². The number of aryl methyl sites for hydroxylation is 1. The van der Waals surface area contributed by atoms with E-state index in [1.807, 2.05) is 6.92 Å². The van der Waals surface area contributed by atoms with Gasteiger partial charge in [-0.05, 0) is 43.0 Å². The maximum absolute atomic E-state index is 14.0. The molecule has 1 aromatic carbocycles. The van der Waals surface area contributed by atoms with Crippen molar-refractivity contribution >= 4 is 16.3 Å². The predicted octanol–water partition coefficient (Wildman–Crippen LogP) is 4.16. The highest BCUT2D eigenvalue weighted by Crippen LogP contribution is 2.41. The lowest BCUT2D eigenvalue weighted by Crippen LogP contribution is -2.37. The highest BCUT2D eigenvalue weighted by molar-refractivity contribution is 7.17. The van der Waals surface area contributed by atoms with E-state index in [0.29, 0.717) is 33.6 Å². The zero-order valence-electron chi connectivity index (χ0n) is 15.3. The zero-order valence-corrected chi connectivity index (χ0v) is 16.1. The molecule has 0 saturated carbocycles. The quantitative estimate of drug-likeness (QED) is 0.724. The average molecular weight is 392 g/mol. The van der Waals surface area contributed by atoms with Gasteiger partial charge in [-0.15, -0.1) is 5.10 Å². The molecular weight excluding hydrogens is 370 g/mol. The first-order valence-corrected chi connectivity index (χ1v) is 10.1. The minimum absolute atomic E-state index is 0.0233. The fourth-order valence-electron chi connectivity index (χ4n) is 3.79. The third-order valence-electron chi connectivity index (χ3n) is 5.12. The lowest BCUT2D eigenvalue weighted by molar-refractivity contribution is 0.149. The molecule has 1 aliphatic rings. The van der Waals surface area contributed by atoms with Crippen molar-refractivity contribution in [3.63, 3.8) is 0 Å². The van der Waals surface area contributed by atoms with E-state index in [2.05, 4.69) is 21.9 Å². The summed E-state index contributed by atoms with van der Waals surface area (Å²) in [6, 6.07) is 3.61. The second kappa shape index (κ2) is 7.16. The first kappa shape index (κ1) is 18.3. The summed E-state index contributed by atoms with van der Waals surface area (Å²) in [6.45, 7) is 5.81. The predicted molar refractivity (Wildman–Crippen MR) is 100 cm³/mol. The van der Waals surface area contributed by atoms with Gasteiger partial charge >= 0.3 is 0 Å². The molecule has 3 aromatic rings. The number of likely N-dealkylation sites (tertiary alicyclic amines) is 1. The SMILES string of the molecule is CCc1nc2sc([C@H](c3ccc(F)c(F)c3)N3CCC[C@H](C)C3)c(O)n2n1. The Morgan fingerprint density at radius 3 is 2.81 bits per heavy atom. The molecule has 1 saturated heterocycles. The molecule has 0 radical (unpaired) electrons. The Morgan fingerprint density at radius 2 is 2.15 bits per heavy atom. The van der Waals surface area contributed by atoms with Gasteiger partial charge in [0, 0.05) is 13.0 Å². The third kappa shape index (κ3) is 3.32. The Bertz CT molecular complexity index is 970. The van der Waals surface area contributed by atoms with Gasteiger partial charge in [0.25, 0.3) is 0 Å². The smallest absolute Gasteiger partial charge is 0.230 e. The molecule has 1 aliphatic heterocycles. The van der Waals surface area contributed by atoms with Crippen LogP contribution in [0.3, 0.4) is 0 Å². The van der Waals surface area contributed by atoms with Crippen molar-refractivity contribution < 1.29 is 13.9 Å². The molecule has 4 rings (SSSR count). The fourth-order valence-corrected chi connectivity index (χ4v) is 4.93. The van der Waals surface area contributed by atoms with E-state index < -0.39 is 11.6 Å². The molecule has 0 aliphatic carbocycles. The monoisotopic (exact) mass is 392 g/mol. The number of hydrogen-bond donors (Lipinski definition) is 1. The van der Waals surface area contributed by atoms with Crippen LogP contribution < -0.4 is 0 Å². The lowest BCUT2D eigenvalue weighted by Gasteiger charge is -2.37. The van der Waals surface area contributed by atoms with Crippen LogP contribution in [0.1, 0.15) is 49.0 Å². The first-order valence-electron chi connectivity index (χ1n) is 9.24.